The zero-order valence-electron chi connectivity index (χ0n) is 28.6. The van der Waals surface area contributed by atoms with Crippen molar-refractivity contribution in [3.63, 3.8) is 0 Å². The molecule has 0 aliphatic rings. The fourth-order valence-corrected chi connectivity index (χ4v) is 7.57. The van der Waals surface area contributed by atoms with Crippen LogP contribution in [0.1, 0.15) is 42.8 Å². The second-order valence-electron chi connectivity index (χ2n) is 10.1. The molecule has 0 saturated heterocycles. The largest absolute Gasteiger partial charge is 1.00 e. The van der Waals surface area contributed by atoms with Crippen LogP contribution in [0.2, 0.25) is 0 Å². The molecular weight excluding hydrogens is 795 g/mol. The maximum absolute atomic E-state index is 11.9. The van der Waals surface area contributed by atoms with Crippen LogP contribution in [0.3, 0.4) is 0 Å². The molecule has 1 N–H and O–H groups in total. The van der Waals surface area contributed by atoms with Gasteiger partial charge in [-0.3, -0.25) is 8.57 Å². The van der Waals surface area contributed by atoms with E-state index in [0.29, 0.717) is 12.8 Å². The van der Waals surface area contributed by atoms with Gasteiger partial charge in [0.15, 0.2) is 0 Å². The Kier molecular flexibility index (Phi) is 24.5. The molecule has 0 spiro atoms. The third kappa shape index (κ3) is 18.1. The molecule has 0 amide bonds. The summed E-state index contributed by atoms with van der Waals surface area (Å²) in [6.07, 6.45) is 1.83. The van der Waals surface area contributed by atoms with Crippen molar-refractivity contribution in [2.24, 2.45) is 0 Å². The molecule has 0 atom stereocenters. The third-order valence-electron chi connectivity index (χ3n) is 6.37. The minimum atomic E-state index is -3.66. The molecule has 9 nitrogen and oxygen atoms in total. The average Bonchev–Trinajstić information content (AvgIpc) is 3.76. The number of alkyl halides is 1. The fourth-order valence-electron chi connectivity index (χ4n) is 3.60. The van der Waals surface area contributed by atoms with Crippen LogP contribution in [-0.4, -0.2) is 56.8 Å². The predicted molar refractivity (Wildman–Crippen MR) is 193 cm³/mol. The van der Waals surface area contributed by atoms with Crippen LogP contribution >= 0.6 is 44.7 Å². The minimum Gasteiger partial charge on any atom is -1.00 e. The maximum atomic E-state index is 11.9. The summed E-state index contributed by atoms with van der Waals surface area (Å²) in [5.74, 6) is 0. The monoisotopic (exact) mass is 833 g/mol. The summed E-state index contributed by atoms with van der Waals surface area (Å²) in [4.78, 5) is 15.8. The van der Waals surface area contributed by atoms with Gasteiger partial charge in [0.2, 0.25) is 0 Å². The summed E-state index contributed by atoms with van der Waals surface area (Å²) >= 11 is 4.64. The fraction of sp³-hybridized carbons (Fsp3) is 0.344. The summed E-state index contributed by atoms with van der Waals surface area (Å²) < 4.78 is 62.0. The molecule has 270 valence electrons. The van der Waals surface area contributed by atoms with Crippen molar-refractivity contribution < 1.29 is 86.6 Å². The first-order valence-electron chi connectivity index (χ1n) is 14.5. The average molecular weight is 835 g/mol. The van der Waals surface area contributed by atoms with Crippen molar-refractivity contribution >= 4 is 63.9 Å². The number of aryl methyl sites for hydroxylation is 6. The Labute approximate surface area is 352 Å². The Hall–Kier alpha value is -1.06. The molecule has 0 aliphatic carbocycles. The number of nitrogens with zero attached hydrogens (tertiary/aromatic N) is 3. The van der Waals surface area contributed by atoms with Gasteiger partial charge in [0.25, 0.3) is 19.2 Å². The van der Waals surface area contributed by atoms with Crippen LogP contribution in [0.15, 0.2) is 74.9 Å². The zero-order valence-corrected chi connectivity index (χ0v) is 36.6. The van der Waals surface area contributed by atoms with E-state index in [9.17, 15) is 21.2 Å². The van der Waals surface area contributed by atoms with Crippen molar-refractivity contribution in [3.05, 3.63) is 108 Å². The molecule has 50 heavy (non-hydrogen) atoms. The van der Waals surface area contributed by atoms with E-state index in [1.807, 2.05) is 34.6 Å². The summed E-state index contributed by atoms with van der Waals surface area (Å²) in [7, 11) is -2.12. The Morgan fingerprint density at radius 1 is 0.680 bits per heavy atom. The molecule has 0 bridgehead atoms. The van der Waals surface area contributed by atoms with Gasteiger partial charge in [-0.25, -0.2) is 23.4 Å². The van der Waals surface area contributed by atoms with E-state index < -0.39 is 19.2 Å². The number of rotatable bonds is 10. The van der Waals surface area contributed by atoms with Crippen molar-refractivity contribution in [2.75, 3.05) is 19.9 Å². The molecule has 0 unspecified atom stereocenters. The van der Waals surface area contributed by atoms with Crippen molar-refractivity contribution in [2.45, 2.75) is 63.7 Å². The number of halogens is 3. The van der Waals surface area contributed by atoms with Crippen LogP contribution in [0.5, 0.6) is 0 Å². The first-order chi connectivity index (χ1) is 22.7. The van der Waals surface area contributed by atoms with Gasteiger partial charge >= 0.3 is 51.4 Å². The van der Waals surface area contributed by atoms with Crippen LogP contribution in [0.25, 0.3) is 0 Å². The van der Waals surface area contributed by atoms with E-state index in [0.717, 1.165) is 44.4 Å². The van der Waals surface area contributed by atoms with Crippen molar-refractivity contribution in [1.29, 1.82) is 0 Å². The number of hydrogen-bond acceptors (Lipinski definition) is 12. The molecule has 2 aromatic carbocycles. The van der Waals surface area contributed by atoms with Crippen molar-refractivity contribution in [3.8, 4) is 0 Å². The number of aliphatic hydroxyl groups excluding tert-OH is 1. The number of hydrogen-bond donors (Lipinski definition) is 1. The van der Waals surface area contributed by atoms with E-state index in [4.69, 9.17) is 20.0 Å². The van der Waals surface area contributed by atoms with E-state index >= 15 is 0 Å². The first-order valence-corrected chi connectivity index (χ1v) is 20.8. The van der Waals surface area contributed by atoms with E-state index in [1.54, 1.807) is 64.3 Å². The van der Waals surface area contributed by atoms with Gasteiger partial charge in [-0.15, -0.1) is 34.0 Å². The molecule has 3 aromatic heterocycles. The smallest absolute Gasteiger partial charge is 1.00 e. The summed E-state index contributed by atoms with van der Waals surface area (Å²) in [6.45, 7) is 9.64. The topological polar surface area (TPSA) is 136 Å². The van der Waals surface area contributed by atoms with Gasteiger partial charge in [0, 0.05) is 51.2 Å². The van der Waals surface area contributed by atoms with Crippen LogP contribution in [-0.2, 0) is 42.6 Å². The van der Waals surface area contributed by atoms with Gasteiger partial charge in [0.05, 0.1) is 56.7 Å². The maximum Gasteiger partial charge on any atom is 1.00 e. The van der Waals surface area contributed by atoms with Gasteiger partial charge in [-0.05, 0) is 58.9 Å². The van der Waals surface area contributed by atoms with Gasteiger partial charge in [-0.2, -0.15) is 8.42 Å². The zero-order chi connectivity index (χ0) is 35.7. The van der Waals surface area contributed by atoms with E-state index in [-0.39, 0.29) is 85.8 Å². The second kappa shape index (κ2) is 25.0. The van der Waals surface area contributed by atoms with Gasteiger partial charge in [-0.1, -0.05) is 35.4 Å². The molecule has 5 rings (SSSR count). The predicted octanol–water partition coefficient (Wildman–Crippen LogP) is 1.59. The molecule has 0 aliphatic heterocycles. The number of aliphatic hydroxyl groups is 1. The first kappa shape index (κ1) is 48.9. The van der Waals surface area contributed by atoms with Crippen LogP contribution < -0.4 is 56.1 Å². The number of thiazole rings is 3. The molecule has 0 fully saturated rings. The Morgan fingerprint density at radius 3 is 1.40 bits per heavy atom. The van der Waals surface area contributed by atoms with Crippen LogP contribution in [0.4, 0.5) is 4.39 Å². The summed E-state index contributed by atoms with van der Waals surface area (Å²) in [6, 6.07) is 13.0. The molecule has 0 radical (unpaired) electrons. The number of aromatic nitrogens is 3. The van der Waals surface area contributed by atoms with Crippen molar-refractivity contribution in [1.82, 2.24) is 15.0 Å². The molecule has 3 heterocycles. The summed E-state index contributed by atoms with van der Waals surface area (Å²) in [5, 5.41) is 8.54. The minimum absolute atomic E-state index is 0. The van der Waals surface area contributed by atoms with Gasteiger partial charge < -0.3 is 9.81 Å². The molecule has 0 saturated carbocycles. The quantitative estimate of drug-likeness (QED) is 0.127. The molecule has 5 aromatic rings. The van der Waals surface area contributed by atoms with Gasteiger partial charge in [0.1, 0.15) is 0 Å². The Balaban J connectivity index is 0.000000669. The third-order valence-corrected chi connectivity index (χ3v) is 12.1. The normalized spacial score (nSPS) is 10.6. The molecular formula is C32H39ClF2KN3O6S5. The summed E-state index contributed by atoms with van der Waals surface area (Å²) in [5.41, 5.74) is 10.3. The SMILES string of the molecule is Cc1ccc(S(=O)(=O)Cl)cc1.Cc1ccc(S(=O)(=O)OCCc2scnc2C)cc1.Cc1ncsc1CCF.Cc1ncsc1CCO.[F-].[K+]. The molecule has 18 heteroatoms. The van der Waals surface area contributed by atoms with E-state index in [1.165, 1.54) is 39.7 Å². The Bertz CT molecular complexity index is 1850. The van der Waals surface area contributed by atoms with Crippen LogP contribution in [0, 0.1) is 34.6 Å². The Morgan fingerprint density at radius 2 is 1.06 bits per heavy atom. The van der Waals surface area contributed by atoms with E-state index in [2.05, 4.69) is 15.0 Å². The number of benzene rings is 2. The second-order valence-corrected chi connectivity index (χ2v) is 17.1. The standard InChI is InChI=1S/C13H15NO3S2.C7H7ClO2S.C6H8FNS.C6H9NOS.FH.K/c1-10-3-5-12(6-4-10)19(15,16)17-8-7-13-11(2)14-9-18-13;1-6-2-4-7(5-3-6)11(8,9)10;1-5-6(2-3-7)9-4-8-5;1-5-6(2-3-8)9-4-7-5;;/h3-6,9H,7-8H2,1-2H3;2-5H,1H3;4H,2-3H2,1H3;4,8H,2-3H2,1H3;1H;/q;;;;;+1/p-1.